The Morgan fingerprint density at radius 3 is 2.48 bits per heavy atom. The lowest BCUT2D eigenvalue weighted by Crippen LogP contribution is -2.46. The van der Waals surface area contributed by atoms with Crippen LogP contribution in [0, 0.1) is 17.5 Å². The van der Waals surface area contributed by atoms with Gasteiger partial charge in [-0.3, -0.25) is 4.90 Å². The molecule has 0 spiro atoms. The molecule has 0 saturated carbocycles. The molecule has 29 heavy (non-hydrogen) atoms. The van der Waals surface area contributed by atoms with Gasteiger partial charge in [-0.15, -0.1) is 11.3 Å². The van der Waals surface area contributed by atoms with Crippen molar-refractivity contribution in [3.8, 4) is 0 Å². The number of para-hydroxylation sites is 1. The summed E-state index contributed by atoms with van der Waals surface area (Å²) in [6.45, 7) is 2.89. The zero-order chi connectivity index (χ0) is 20.4. The SMILES string of the molecule is O[C@@H](c1nccs1)c1cccc(F)c1N1CCN(Cc2ccc(F)c(F)c2)CC1. The predicted octanol–water partition coefficient (Wildman–Crippen LogP) is 3.96. The molecule has 0 amide bonds. The van der Waals surface area contributed by atoms with E-state index in [2.05, 4.69) is 9.88 Å². The summed E-state index contributed by atoms with van der Waals surface area (Å²) in [5, 5.41) is 13.0. The van der Waals surface area contributed by atoms with Gasteiger partial charge in [0.25, 0.3) is 0 Å². The second-order valence-electron chi connectivity index (χ2n) is 6.96. The molecule has 4 rings (SSSR count). The van der Waals surface area contributed by atoms with Crippen molar-refractivity contribution >= 4 is 17.0 Å². The number of halogens is 3. The van der Waals surface area contributed by atoms with Gasteiger partial charge in [-0.05, 0) is 23.8 Å². The summed E-state index contributed by atoms with van der Waals surface area (Å²) in [6.07, 6.45) is 0.625. The molecular formula is C21H20F3N3OS. The first-order valence-corrected chi connectivity index (χ1v) is 10.2. The summed E-state index contributed by atoms with van der Waals surface area (Å²) < 4.78 is 41.2. The van der Waals surface area contributed by atoms with Gasteiger partial charge < -0.3 is 10.0 Å². The Balaban J connectivity index is 1.48. The van der Waals surface area contributed by atoms with Gasteiger partial charge in [0.2, 0.25) is 0 Å². The van der Waals surface area contributed by atoms with Gasteiger partial charge in [0.15, 0.2) is 11.6 Å². The number of piperazine rings is 1. The summed E-state index contributed by atoms with van der Waals surface area (Å²) in [5.74, 6) is -2.09. The van der Waals surface area contributed by atoms with Crippen LogP contribution in [0.1, 0.15) is 22.2 Å². The van der Waals surface area contributed by atoms with Crippen molar-refractivity contribution in [2.75, 3.05) is 31.1 Å². The number of hydrogen-bond acceptors (Lipinski definition) is 5. The maximum absolute atomic E-state index is 14.7. The van der Waals surface area contributed by atoms with Gasteiger partial charge in [0.05, 0.1) is 5.69 Å². The first kappa shape index (κ1) is 19.9. The Kier molecular flexibility index (Phi) is 5.84. The number of rotatable bonds is 5. The van der Waals surface area contributed by atoms with E-state index in [9.17, 15) is 18.3 Å². The molecule has 0 aliphatic carbocycles. The van der Waals surface area contributed by atoms with Crippen LogP contribution in [0.3, 0.4) is 0 Å². The van der Waals surface area contributed by atoms with Gasteiger partial charge in [0.1, 0.15) is 16.9 Å². The fourth-order valence-electron chi connectivity index (χ4n) is 3.61. The number of aliphatic hydroxyl groups is 1. The summed E-state index contributed by atoms with van der Waals surface area (Å²) in [4.78, 5) is 8.17. The number of aromatic nitrogens is 1. The van der Waals surface area contributed by atoms with E-state index in [0.29, 0.717) is 54.5 Å². The molecule has 1 aliphatic heterocycles. The van der Waals surface area contributed by atoms with Crippen LogP contribution in [0.4, 0.5) is 18.9 Å². The number of thiazole rings is 1. The van der Waals surface area contributed by atoms with E-state index in [-0.39, 0.29) is 5.82 Å². The van der Waals surface area contributed by atoms with Crippen LogP contribution in [0.2, 0.25) is 0 Å². The van der Waals surface area contributed by atoms with Crippen LogP contribution in [0.25, 0.3) is 0 Å². The van der Waals surface area contributed by atoms with Crippen molar-refractivity contribution in [3.05, 3.63) is 81.6 Å². The Bertz CT molecular complexity index is 975. The Hall–Kier alpha value is -2.42. The largest absolute Gasteiger partial charge is 0.381 e. The second kappa shape index (κ2) is 8.52. The van der Waals surface area contributed by atoms with Crippen molar-refractivity contribution < 1.29 is 18.3 Å². The minimum absolute atomic E-state index is 0.382. The molecule has 152 valence electrons. The Morgan fingerprint density at radius 1 is 1.00 bits per heavy atom. The van der Waals surface area contributed by atoms with Gasteiger partial charge in [-0.1, -0.05) is 18.2 Å². The summed E-state index contributed by atoms with van der Waals surface area (Å²) in [6, 6.07) is 8.61. The van der Waals surface area contributed by atoms with Gasteiger partial charge in [-0.2, -0.15) is 0 Å². The molecule has 0 unspecified atom stereocenters. The smallest absolute Gasteiger partial charge is 0.159 e. The lowest BCUT2D eigenvalue weighted by atomic mass is 10.0. The van der Waals surface area contributed by atoms with Gasteiger partial charge in [-0.25, -0.2) is 18.2 Å². The fourth-order valence-corrected chi connectivity index (χ4v) is 4.25. The molecular weight excluding hydrogens is 399 g/mol. The first-order valence-electron chi connectivity index (χ1n) is 9.30. The highest BCUT2D eigenvalue weighted by Crippen LogP contribution is 2.34. The highest BCUT2D eigenvalue weighted by Gasteiger charge is 2.26. The van der Waals surface area contributed by atoms with Crippen LogP contribution in [-0.4, -0.2) is 41.2 Å². The van der Waals surface area contributed by atoms with E-state index in [0.717, 1.165) is 6.07 Å². The quantitative estimate of drug-likeness (QED) is 0.680. The minimum atomic E-state index is -0.985. The minimum Gasteiger partial charge on any atom is -0.381 e. The molecule has 1 aliphatic rings. The van der Waals surface area contributed by atoms with Crippen LogP contribution in [0.5, 0.6) is 0 Å². The molecule has 2 heterocycles. The number of benzene rings is 2. The zero-order valence-corrected chi connectivity index (χ0v) is 16.4. The Morgan fingerprint density at radius 2 is 1.79 bits per heavy atom. The van der Waals surface area contributed by atoms with Crippen molar-refractivity contribution in [1.29, 1.82) is 0 Å². The molecule has 3 aromatic rings. The van der Waals surface area contributed by atoms with E-state index >= 15 is 0 Å². The third kappa shape index (κ3) is 4.29. The number of anilines is 1. The zero-order valence-electron chi connectivity index (χ0n) is 15.6. The van der Waals surface area contributed by atoms with Crippen molar-refractivity contribution in [2.45, 2.75) is 12.6 Å². The monoisotopic (exact) mass is 419 g/mol. The highest BCUT2D eigenvalue weighted by molar-refractivity contribution is 7.09. The molecule has 1 atom stereocenters. The summed E-state index contributed by atoms with van der Waals surface area (Å²) in [7, 11) is 0. The first-order chi connectivity index (χ1) is 14.0. The molecule has 1 saturated heterocycles. The van der Waals surface area contributed by atoms with Crippen molar-refractivity contribution in [1.82, 2.24) is 9.88 Å². The molecule has 4 nitrogen and oxygen atoms in total. The Labute approximate surface area is 170 Å². The summed E-state index contributed by atoms with van der Waals surface area (Å²) >= 11 is 1.32. The van der Waals surface area contributed by atoms with Crippen LogP contribution in [0.15, 0.2) is 48.0 Å². The van der Waals surface area contributed by atoms with E-state index in [1.807, 2.05) is 4.90 Å². The topological polar surface area (TPSA) is 39.6 Å². The number of hydrogen-bond donors (Lipinski definition) is 1. The number of nitrogens with zero attached hydrogens (tertiary/aromatic N) is 3. The lowest BCUT2D eigenvalue weighted by Gasteiger charge is -2.37. The molecule has 8 heteroatoms. The lowest BCUT2D eigenvalue weighted by molar-refractivity contribution is 0.217. The third-order valence-corrected chi connectivity index (χ3v) is 5.90. The molecule has 1 N–H and O–H groups in total. The molecule has 0 bridgehead atoms. The average Bonchev–Trinajstić information content (AvgIpc) is 3.26. The summed E-state index contributed by atoms with van der Waals surface area (Å²) in [5.41, 5.74) is 1.58. The molecule has 0 radical (unpaired) electrons. The highest BCUT2D eigenvalue weighted by atomic mass is 32.1. The van der Waals surface area contributed by atoms with Crippen molar-refractivity contribution in [2.24, 2.45) is 0 Å². The maximum atomic E-state index is 14.7. The number of aliphatic hydroxyl groups excluding tert-OH is 1. The van der Waals surface area contributed by atoms with Crippen LogP contribution < -0.4 is 4.90 Å². The molecule has 1 aromatic heterocycles. The maximum Gasteiger partial charge on any atom is 0.159 e. The van der Waals surface area contributed by atoms with E-state index in [1.54, 1.807) is 29.8 Å². The average molecular weight is 419 g/mol. The van der Waals surface area contributed by atoms with E-state index in [1.165, 1.54) is 23.5 Å². The second-order valence-corrected chi connectivity index (χ2v) is 7.89. The van der Waals surface area contributed by atoms with Crippen LogP contribution >= 0.6 is 11.3 Å². The normalized spacial score (nSPS) is 16.2. The van der Waals surface area contributed by atoms with Gasteiger partial charge in [0, 0.05) is 49.9 Å². The molecule has 1 fully saturated rings. The van der Waals surface area contributed by atoms with Crippen LogP contribution in [-0.2, 0) is 6.54 Å². The molecule has 2 aromatic carbocycles. The van der Waals surface area contributed by atoms with E-state index in [4.69, 9.17) is 0 Å². The van der Waals surface area contributed by atoms with Crippen molar-refractivity contribution in [3.63, 3.8) is 0 Å². The third-order valence-electron chi connectivity index (χ3n) is 5.08. The van der Waals surface area contributed by atoms with E-state index < -0.39 is 17.7 Å². The standard InChI is InChI=1S/C21H20F3N3OS/c22-16-5-4-14(12-18(16)24)13-26-7-9-27(10-8-26)19-15(2-1-3-17(19)23)20(28)21-25-6-11-29-21/h1-6,11-12,20,28H,7-10,13H2/t20-/m1/s1. The fraction of sp³-hybridized carbons (Fsp3) is 0.286. The predicted molar refractivity (Wildman–Crippen MR) is 106 cm³/mol. The van der Waals surface area contributed by atoms with Gasteiger partial charge >= 0.3 is 0 Å².